The second-order valence-corrected chi connectivity index (χ2v) is 6.37. The van der Waals surface area contributed by atoms with Gasteiger partial charge in [0.25, 0.3) is 0 Å². The van der Waals surface area contributed by atoms with Crippen LogP contribution >= 0.6 is 23.2 Å². The minimum atomic E-state index is -0.717. The third-order valence-corrected chi connectivity index (χ3v) is 4.43. The summed E-state index contributed by atoms with van der Waals surface area (Å²) in [5.74, 6) is 0.179. The molecule has 1 amide bonds. The maximum Gasteiger partial charge on any atom is 0.417 e. The third-order valence-electron chi connectivity index (χ3n) is 3.69. The van der Waals surface area contributed by atoms with Gasteiger partial charge in [-0.25, -0.2) is 9.59 Å². The van der Waals surface area contributed by atoms with Crippen molar-refractivity contribution < 1.29 is 23.5 Å². The quantitative estimate of drug-likeness (QED) is 0.549. The van der Waals surface area contributed by atoms with Gasteiger partial charge in [-0.1, -0.05) is 23.2 Å². The number of carbonyl (C=O) groups excluding carboxylic acids is 2. The first kappa shape index (κ1) is 19.1. The molecule has 0 radical (unpaired) electrons. The van der Waals surface area contributed by atoms with Crippen molar-refractivity contribution in [2.75, 3.05) is 11.9 Å². The smallest absolute Gasteiger partial charge is 0.417 e. The second kappa shape index (κ2) is 7.90. The predicted molar refractivity (Wildman–Crippen MR) is 103 cm³/mol. The van der Waals surface area contributed by atoms with Crippen molar-refractivity contribution in [2.45, 2.75) is 13.8 Å². The Morgan fingerprint density at radius 2 is 1.89 bits per heavy atom. The zero-order valence-electron chi connectivity index (χ0n) is 14.5. The van der Waals surface area contributed by atoms with Crippen molar-refractivity contribution in [1.82, 2.24) is 0 Å². The summed E-state index contributed by atoms with van der Waals surface area (Å²) in [4.78, 5) is 24.3. The Hall–Kier alpha value is -2.70. The first-order valence-electron chi connectivity index (χ1n) is 8.03. The molecule has 0 aliphatic rings. The molecule has 0 saturated heterocycles. The Kier molecular flexibility index (Phi) is 5.58. The van der Waals surface area contributed by atoms with E-state index in [2.05, 4.69) is 5.32 Å². The van der Waals surface area contributed by atoms with Crippen molar-refractivity contribution in [1.29, 1.82) is 0 Å². The molecule has 0 saturated carbocycles. The van der Waals surface area contributed by atoms with Crippen molar-refractivity contribution in [3.05, 3.63) is 57.8 Å². The zero-order chi connectivity index (χ0) is 19.6. The van der Waals surface area contributed by atoms with Gasteiger partial charge in [-0.3, -0.25) is 5.32 Å². The maximum atomic E-state index is 12.1. The Morgan fingerprint density at radius 3 is 2.59 bits per heavy atom. The Balaban J connectivity index is 1.82. The number of nitrogens with one attached hydrogen (secondary N) is 1. The summed E-state index contributed by atoms with van der Waals surface area (Å²) in [6.07, 6.45) is -0.717. The number of hydrogen-bond acceptors (Lipinski definition) is 5. The number of furan rings is 1. The summed E-state index contributed by atoms with van der Waals surface area (Å²) in [6.45, 7) is 3.63. The van der Waals surface area contributed by atoms with Gasteiger partial charge in [-0.15, -0.1) is 0 Å². The van der Waals surface area contributed by atoms with Gasteiger partial charge in [-0.2, -0.15) is 0 Å². The number of anilines is 1. The van der Waals surface area contributed by atoms with Crippen molar-refractivity contribution in [2.24, 2.45) is 0 Å². The third kappa shape index (κ3) is 4.18. The second-order valence-electron chi connectivity index (χ2n) is 5.56. The fourth-order valence-corrected chi connectivity index (χ4v) is 2.84. The lowest BCUT2D eigenvalue weighted by molar-refractivity contribution is 0.0526. The molecule has 0 atom stereocenters. The molecule has 140 valence electrons. The number of hydrogen-bond donors (Lipinski definition) is 1. The van der Waals surface area contributed by atoms with Crippen molar-refractivity contribution >= 4 is 51.9 Å². The molecular formula is C19H15Cl2NO5. The van der Waals surface area contributed by atoms with Crippen LogP contribution < -0.4 is 10.1 Å². The van der Waals surface area contributed by atoms with Crippen LogP contribution in [-0.4, -0.2) is 18.7 Å². The number of ether oxygens (including phenoxy) is 2. The minimum absolute atomic E-state index is 0.242. The van der Waals surface area contributed by atoms with Crippen LogP contribution in [0.15, 0.2) is 40.8 Å². The molecular weight excluding hydrogens is 393 g/mol. The molecule has 0 unspecified atom stereocenters. The Bertz CT molecular complexity index is 1030. The molecule has 0 fully saturated rings. The number of fused-ring (bicyclic) bond motifs is 1. The fourth-order valence-electron chi connectivity index (χ4n) is 2.54. The number of rotatable bonds is 4. The summed E-state index contributed by atoms with van der Waals surface area (Å²) in [5, 5.41) is 3.74. The van der Waals surface area contributed by atoms with Crippen LogP contribution in [0.1, 0.15) is 23.0 Å². The summed E-state index contributed by atoms with van der Waals surface area (Å²) in [7, 11) is 0. The van der Waals surface area contributed by atoms with E-state index in [-0.39, 0.29) is 12.4 Å². The molecule has 1 N–H and O–H groups in total. The van der Waals surface area contributed by atoms with Gasteiger partial charge in [0.15, 0.2) is 0 Å². The van der Waals surface area contributed by atoms with Crippen molar-refractivity contribution in [3.63, 3.8) is 0 Å². The van der Waals surface area contributed by atoms with Crippen LogP contribution in [-0.2, 0) is 4.74 Å². The highest BCUT2D eigenvalue weighted by Gasteiger charge is 2.20. The number of esters is 1. The zero-order valence-corrected chi connectivity index (χ0v) is 16.0. The monoisotopic (exact) mass is 407 g/mol. The summed E-state index contributed by atoms with van der Waals surface area (Å²) < 4.78 is 15.9. The lowest BCUT2D eigenvalue weighted by Crippen LogP contribution is -2.16. The van der Waals surface area contributed by atoms with E-state index in [9.17, 15) is 9.59 Å². The molecule has 1 heterocycles. The average molecular weight is 408 g/mol. The fraction of sp³-hybridized carbons (Fsp3) is 0.158. The molecule has 2 aromatic carbocycles. The molecule has 3 rings (SSSR count). The van der Waals surface area contributed by atoms with Crippen LogP contribution in [0.5, 0.6) is 5.75 Å². The van der Waals surface area contributed by atoms with Gasteiger partial charge >= 0.3 is 12.1 Å². The first-order valence-corrected chi connectivity index (χ1v) is 8.78. The predicted octanol–water partition coefficient (Wildman–Crippen LogP) is 5.84. The molecule has 0 bridgehead atoms. The highest BCUT2D eigenvalue weighted by molar-refractivity contribution is 6.42. The van der Waals surface area contributed by atoms with Crippen LogP contribution in [0.3, 0.4) is 0 Å². The van der Waals surface area contributed by atoms with E-state index in [4.69, 9.17) is 37.1 Å². The largest absolute Gasteiger partial charge is 0.462 e. The van der Waals surface area contributed by atoms with Crippen LogP contribution in [0.4, 0.5) is 10.5 Å². The van der Waals surface area contributed by atoms with Gasteiger partial charge in [0.05, 0.1) is 16.7 Å². The molecule has 0 aliphatic heterocycles. The van der Waals surface area contributed by atoms with E-state index in [1.165, 1.54) is 6.07 Å². The summed E-state index contributed by atoms with van der Waals surface area (Å²) in [5.41, 5.74) is 1.23. The molecule has 3 aromatic rings. The van der Waals surface area contributed by atoms with E-state index < -0.39 is 12.1 Å². The van der Waals surface area contributed by atoms with E-state index in [1.807, 2.05) is 0 Å². The van der Waals surface area contributed by atoms with Crippen LogP contribution in [0, 0.1) is 6.92 Å². The Labute approximate surface area is 164 Å². The van der Waals surface area contributed by atoms with Gasteiger partial charge in [0.1, 0.15) is 22.7 Å². The van der Waals surface area contributed by atoms with Gasteiger partial charge in [0.2, 0.25) is 0 Å². The number of carbonyl (C=O) groups is 2. The number of benzene rings is 2. The number of amides is 1. The number of halogens is 2. The van der Waals surface area contributed by atoms with E-state index in [1.54, 1.807) is 44.2 Å². The SMILES string of the molecule is CCOC(=O)c1c(C)oc2ccc(OC(=O)Nc3ccc(Cl)c(Cl)c3)cc12. The first-order chi connectivity index (χ1) is 12.9. The average Bonchev–Trinajstić information content (AvgIpc) is 2.93. The molecule has 1 aromatic heterocycles. The van der Waals surface area contributed by atoms with Crippen molar-refractivity contribution in [3.8, 4) is 5.75 Å². The normalized spacial score (nSPS) is 10.7. The highest BCUT2D eigenvalue weighted by atomic mass is 35.5. The molecule has 27 heavy (non-hydrogen) atoms. The lowest BCUT2D eigenvalue weighted by atomic mass is 10.1. The Morgan fingerprint density at radius 1 is 1.11 bits per heavy atom. The van der Waals surface area contributed by atoms with E-state index in [0.717, 1.165) is 0 Å². The molecule has 6 nitrogen and oxygen atoms in total. The maximum absolute atomic E-state index is 12.1. The van der Waals surface area contributed by atoms with Crippen LogP contribution in [0.25, 0.3) is 11.0 Å². The van der Waals surface area contributed by atoms with Crippen LogP contribution in [0.2, 0.25) is 10.0 Å². The summed E-state index contributed by atoms with van der Waals surface area (Å²) in [6, 6.07) is 9.39. The minimum Gasteiger partial charge on any atom is -0.462 e. The topological polar surface area (TPSA) is 77.8 Å². The van der Waals surface area contributed by atoms with Gasteiger partial charge in [-0.05, 0) is 50.2 Å². The van der Waals surface area contributed by atoms with Gasteiger partial charge in [0, 0.05) is 11.1 Å². The number of aryl methyl sites for hydroxylation is 1. The standard InChI is InChI=1S/C19H15Cl2NO5/c1-3-25-18(23)17-10(2)26-16-7-5-12(9-13(16)17)27-19(24)22-11-4-6-14(20)15(21)8-11/h4-9H,3H2,1-2H3,(H,22,24). The lowest BCUT2D eigenvalue weighted by Gasteiger charge is -2.08. The molecule has 0 spiro atoms. The van der Waals surface area contributed by atoms with E-state index in [0.29, 0.717) is 38.0 Å². The van der Waals surface area contributed by atoms with Gasteiger partial charge < -0.3 is 13.9 Å². The molecule has 8 heteroatoms. The summed E-state index contributed by atoms with van der Waals surface area (Å²) >= 11 is 11.8. The molecule has 0 aliphatic carbocycles. The van der Waals surface area contributed by atoms with E-state index >= 15 is 0 Å². The highest BCUT2D eigenvalue weighted by Crippen LogP contribution is 2.30.